The summed E-state index contributed by atoms with van der Waals surface area (Å²) in [5.41, 5.74) is 7.84. The van der Waals surface area contributed by atoms with Crippen molar-refractivity contribution in [2.24, 2.45) is 11.7 Å². The normalized spacial score (nSPS) is 18.0. The van der Waals surface area contributed by atoms with E-state index < -0.39 is 0 Å². The van der Waals surface area contributed by atoms with Crippen LogP contribution in [0.5, 0.6) is 0 Å². The molecule has 0 aromatic heterocycles. The minimum absolute atomic E-state index is 0.0706. The molecule has 3 N–H and O–H groups in total. The van der Waals surface area contributed by atoms with Gasteiger partial charge in [-0.05, 0) is 30.9 Å². The molecule has 3 nitrogen and oxygen atoms in total. The first-order valence-electron chi connectivity index (χ1n) is 7.30. The average molecular weight is 260 g/mol. The van der Waals surface area contributed by atoms with Gasteiger partial charge >= 0.3 is 0 Å². The van der Waals surface area contributed by atoms with Crippen molar-refractivity contribution in [3.05, 3.63) is 35.4 Å². The molecule has 0 heterocycles. The molecule has 1 atom stereocenters. The van der Waals surface area contributed by atoms with Gasteiger partial charge in [0.05, 0.1) is 6.04 Å². The highest BCUT2D eigenvalue weighted by Crippen LogP contribution is 2.24. The maximum atomic E-state index is 12.2. The highest BCUT2D eigenvalue weighted by atomic mass is 16.1. The van der Waals surface area contributed by atoms with Gasteiger partial charge in [-0.15, -0.1) is 0 Å². The van der Waals surface area contributed by atoms with E-state index in [0.717, 1.165) is 24.0 Å². The van der Waals surface area contributed by atoms with Crippen LogP contribution in [0.1, 0.15) is 56.2 Å². The molecule has 1 aliphatic rings. The van der Waals surface area contributed by atoms with Crippen LogP contribution in [0.25, 0.3) is 0 Å². The van der Waals surface area contributed by atoms with E-state index in [9.17, 15) is 4.79 Å². The molecule has 1 saturated carbocycles. The van der Waals surface area contributed by atoms with Crippen molar-refractivity contribution in [3.63, 3.8) is 0 Å². The molecule has 0 bridgehead atoms. The second kappa shape index (κ2) is 6.71. The number of rotatable bonds is 4. The molecular weight excluding hydrogens is 236 g/mol. The Morgan fingerprint density at radius 1 is 1.26 bits per heavy atom. The molecule has 0 aliphatic heterocycles. The van der Waals surface area contributed by atoms with Crippen molar-refractivity contribution >= 4 is 5.91 Å². The number of hydrogen-bond acceptors (Lipinski definition) is 2. The second-order valence-corrected chi connectivity index (χ2v) is 5.51. The van der Waals surface area contributed by atoms with E-state index in [-0.39, 0.29) is 17.9 Å². The van der Waals surface area contributed by atoms with Crippen LogP contribution in [0.2, 0.25) is 0 Å². The molecule has 19 heavy (non-hydrogen) atoms. The van der Waals surface area contributed by atoms with Crippen molar-refractivity contribution in [2.45, 2.75) is 51.6 Å². The fraction of sp³-hybridized carbons (Fsp3) is 0.562. The van der Waals surface area contributed by atoms with E-state index in [1.165, 1.54) is 19.3 Å². The fourth-order valence-electron chi connectivity index (χ4n) is 2.72. The van der Waals surface area contributed by atoms with Gasteiger partial charge in [-0.25, -0.2) is 0 Å². The lowest BCUT2D eigenvalue weighted by atomic mass is 9.88. The first-order chi connectivity index (χ1) is 9.20. The van der Waals surface area contributed by atoms with Crippen LogP contribution in [0, 0.1) is 5.92 Å². The Labute approximate surface area is 115 Å². The highest BCUT2D eigenvalue weighted by Gasteiger charge is 2.22. The molecule has 1 unspecified atom stereocenters. The molecule has 104 valence electrons. The summed E-state index contributed by atoms with van der Waals surface area (Å²) in [7, 11) is 0. The fourth-order valence-corrected chi connectivity index (χ4v) is 2.72. The van der Waals surface area contributed by atoms with Crippen LogP contribution in [0.4, 0.5) is 0 Å². The maximum Gasteiger partial charge on any atom is 0.223 e. The molecule has 1 aliphatic carbocycles. The van der Waals surface area contributed by atoms with E-state index in [0.29, 0.717) is 6.54 Å². The van der Waals surface area contributed by atoms with Gasteiger partial charge in [-0.1, -0.05) is 43.5 Å². The predicted molar refractivity (Wildman–Crippen MR) is 77.5 cm³/mol. The van der Waals surface area contributed by atoms with Gasteiger partial charge in [0.25, 0.3) is 0 Å². The number of carbonyl (C=O) groups is 1. The first-order valence-corrected chi connectivity index (χ1v) is 7.30. The molecule has 0 radical (unpaired) electrons. The Bertz CT molecular complexity index is 407. The molecule has 0 saturated heterocycles. The third-order valence-corrected chi connectivity index (χ3v) is 4.05. The zero-order valence-corrected chi connectivity index (χ0v) is 11.7. The monoisotopic (exact) mass is 260 g/mol. The van der Waals surface area contributed by atoms with Gasteiger partial charge in [0.1, 0.15) is 0 Å². The Morgan fingerprint density at radius 3 is 2.47 bits per heavy atom. The quantitative estimate of drug-likeness (QED) is 0.874. The molecule has 1 fully saturated rings. The molecular formula is C16H24N2O. The molecule has 1 amide bonds. The van der Waals surface area contributed by atoms with Crippen LogP contribution in [-0.2, 0) is 11.3 Å². The van der Waals surface area contributed by atoms with Crippen LogP contribution in [-0.4, -0.2) is 5.91 Å². The van der Waals surface area contributed by atoms with E-state index in [1.807, 2.05) is 31.2 Å². The van der Waals surface area contributed by atoms with Gasteiger partial charge in [0.15, 0.2) is 0 Å². The van der Waals surface area contributed by atoms with Gasteiger partial charge in [-0.2, -0.15) is 0 Å². The number of hydrogen-bond donors (Lipinski definition) is 2. The minimum Gasteiger partial charge on any atom is -0.349 e. The Hall–Kier alpha value is -1.35. The summed E-state index contributed by atoms with van der Waals surface area (Å²) >= 11 is 0. The minimum atomic E-state index is 0.0706. The molecule has 1 aromatic rings. The van der Waals surface area contributed by atoms with Crippen LogP contribution in [0.15, 0.2) is 24.3 Å². The number of carbonyl (C=O) groups excluding carboxylic acids is 1. The topological polar surface area (TPSA) is 55.1 Å². The van der Waals surface area contributed by atoms with E-state index in [1.54, 1.807) is 0 Å². The number of amides is 1. The summed E-state index contributed by atoms with van der Waals surface area (Å²) in [6.45, 7) is 2.60. The zero-order valence-electron chi connectivity index (χ0n) is 11.7. The maximum absolute atomic E-state index is 12.2. The summed E-state index contributed by atoms with van der Waals surface area (Å²) < 4.78 is 0. The Kier molecular flexibility index (Phi) is 4.97. The molecule has 2 rings (SSSR count). The van der Waals surface area contributed by atoms with E-state index in [2.05, 4.69) is 5.32 Å². The third-order valence-electron chi connectivity index (χ3n) is 4.05. The van der Waals surface area contributed by atoms with Gasteiger partial charge in [0.2, 0.25) is 5.91 Å². The van der Waals surface area contributed by atoms with E-state index in [4.69, 9.17) is 5.73 Å². The highest BCUT2D eigenvalue weighted by molar-refractivity contribution is 5.79. The summed E-state index contributed by atoms with van der Waals surface area (Å²) in [6, 6.07) is 8.22. The molecule has 3 heteroatoms. The summed E-state index contributed by atoms with van der Waals surface area (Å²) in [4.78, 5) is 12.2. The van der Waals surface area contributed by atoms with Crippen molar-refractivity contribution in [1.82, 2.24) is 5.32 Å². The summed E-state index contributed by atoms with van der Waals surface area (Å²) in [5.74, 6) is 0.439. The first kappa shape index (κ1) is 14.1. The smallest absolute Gasteiger partial charge is 0.223 e. The Morgan fingerprint density at radius 2 is 1.89 bits per heavy atom. The van der Waals surface area contributed by atoms with Gasteiger partial charge < -0.3 is 11.1 Å². The zero-order chi connectivity index (χ0) is 13.7. The van der Waals surface area contributed by atoms with Crippen molar-refractivity contribution in [2.75, 3.05) is 0 Å². The number of nitrogens with one attached hydrogen (secondary N) is 1. The number of benzene rings is 1. The van der Waals surface area contributed by atoms with Gasteiger partial charge in [0, 0.05) is 12.5 Å². The summed E-state index contributed by atoms with van der Waals surface area (Å²) in [6.07, 6.45) is 5.75. The largest absolute Gasteiger partial charge is 0.349 e. The van der Waals surface area contributed by atoms with Gasteiger partial charge in [-0.3, -0.25) is 4.79 Å². The lowest BCUT2D eigenvalue weighted by Gasteiger charge is -2.23. The summed E-state index contributed by atoms with van der Waals surface area (Å²) in [5, 5.41) is 3.13. The van der Waals surface area contributed by atoms with Crippen molar-refractivity contribution in [3.8, 4) is 0 Å². The van der Waals surface area contributed by atoms with Crippen LogP contribution < -0.4 is 11.1 Å². The van der Waals surface area contributed by atoms with Crippen LogP contribution >= 0.6 is 0 Å². The standard InChI is InChI=1S/C16H24N2O/c1-12(14-9-7-13(11-17)8-10-14)18-16(19)15-5-3-2-4-6-15/h7-10,12,15H,2-6,11,17H2,1H3,(H,18,19). The molecule has 0 spiro atoms. The lowest BCUT2D eigenvalue weighted by Crippen LogP contribution is -2.33. The average Bonchev–Trinajstić information content (AvgIpc) is 2.48. The second-order valence-electron chi connectivity index (χ2n) is 5.51. The lowest BCUT2D eigenvalue weighted by molar-refractivity contribution is -0.126. The predicted octanol–water partition coefficient (Wildman–Crippen LogP) is 2.90. The Balaban J connectivity index is 1.91. The molecule has 1 aromatic carbocycles. The van der Waals surface area contributed by atoms with Crippen molar-refractivity contribution in [1.29, 1.82) is 0 Å². The van der Waals surface area contributed by atoms with Crippen molar-refractivity contribution < 1.29 is 4.79 Å². The van der Waals surface area contributed by atoms with E-state index >= 15 is 0 Å². The number of nitrogens with two attached hydrogens (primary N) is 1. The SMILES string of the molecule is CC(NC(=O)C1CCCCC1)c1ccc(CN)cc1. The third kappa shape index (κ3) is 3.80. The van der Waals surface area contributed by atoms with Crippen LogP contribution in [0.3, 0.4) is 0 Å².